The maximum absolute atomic E-state index is 13.4. The zero-order valence-electron chi connectivity index (χ0n) is 37.3. The fraction of sp³-hybridized carbons (Fsp3) is 0.623. The highest BCUT2D eigenvalue weighted by molar-refractivity contribution is 5.97. The number of esters is 2. The summed E-state index contributed by atoms with van der Waals surface area (Å²) in [6, 6.07) is 18.0. The highest BCUT2D eigenvalue weighted by Gasteiger charge is 2.59. The highest BCUT2D eigenvalue weighted by atomic mass is 16.5. The van der Waals surface area contributed by atoms with Gasteiger partial charge in [0.15, 0.2) is 0 Å². The lowest BCUT2D eigenvalue weighted by Gasteiger charge is -2.58. The van der Waals surface area contributed by atoms with Crippen molar-refractivity contribution in [3.05, 3.63) is 83.4 Å². The second-order valence-electron chi connectivity index (χ2n) is 20.4. The first-order valence-electron chi connectivity index (χ1n) is 23.4. The standard InChI is InChI=1S/C53H70O7/c1-7-53(33-57-34-53)32-56-27-28-58-43-19-15-38-29-40(12-11-39(38)30-43)50(55)59-42-17-13-37(14-18-42)49(54)60-44-23-25-51(5)41(31-44)16-20-45-47-22-21-46(36(4)10-8-9-35(2)3)52(47,6)26-24-48(45)51/h11-19,29-30,35-36,44-48H,7-10,20-28,31-34H2,1-6H3. The molecule has 5 aliphatic rings. The summed E-state index contributed by atoms with van der Waals surface area (Å²) in [5.74, 6) is 5.22. The largest absolute Gasteiger partial charge is 0.491 e. The van der Waals surface area contributed by atoms with Gasteiger partial charge in [-0.3, -0.25) is 0 Å². The second-order valence-corrected chi connectivity index (χ2v) is 20.4. The molecule has 0 N–H and O–H groups in total. The number of ether oxygens (including phenoxy) is 5. The first-order valence-corrected chi connectivity index (χ1v) is 23.4. The van der Waals surface area contributed by atoms with Crippen molar-refractivity contribution in [1.29, 1.82) is 0 Å². The molecule has 8 rings (SSSR count). The van der Waals surface area contributed by atoms with Crippen LogP contribution in [0.5, 0.6) is 11.5 Å². The van der Waals surface area contributed by atoms with Crippen LogP contribution in [0.15, 0.2) is 72.3 Å². The monoisotopic (exact) mass is 819 g/mol. The quantitative estimate of drug-likeness (QED) is 0.0616. The second kappa shape index (κ2) is 18.0. The van der Waals surface area contributed by atoms with Crippen LogP contribution in [0, 0.1) is 51.8 Å². The molecule has 0 radical (unpaired) electrons. The van der Waals surface area contributed by atoms with E-state index in [1.807, 2.05) is 30.3 Å². The molecule has 1 heterocycles. The van der Waals surface area contributed by atoms with E-state index in [1.165, 1.54) is 56.9 Å². The molecule has 324 valence electrons. The van der Waals surface area contributed by atoms with Crippen molar-refractivity contribution in [3.8, 4) is 11.5 Å². The smallest absolute Gasteiger partial charge is 0.343 e. The summed E-state index contributed by atoms with van der Waals surface area (Å²) < 4.78 is 29.1. The highest BCUT2D eigenvalue weighted by Crippen LogP contribution is 2.67. The van der Waals surface area contributed by atoms with Gasteiger partial charge in [-0.25, -0.2) is 9.59 Å². The van der Waals surface area contributed by atoms with E-state index >= 15 is 0 Å². The Labute approximate surface area is 359 Å². The van der Waals surface area contributed by atoms with Crippen molar-refractivity contribution in [2.75, 3.05) is 33.0 Å². The third-order valence-corrected chi connectivity index (χ3v) is 16.4. The van der Waals surface area contributed by atoms with E-state index in [2.05, 4.69) is 47.6 Å². The van der Waals surface area contributed by atoms with Crippen LogP contribution in [0.3, 0.4) is 0 Å². The molecule has 8 atom stereocenters. The fourth-order valence-corrected chi connectivity index (χ4v) is 12.5. The average Bonchev–Trinajstić information content (AvgIpc) is 3.59. The molecule has 4 aliphatic carbocycles. The van der Waals surface area contributed by atoms with Crippen molar-refractivity contribution in [1.82, 2.24) is 0 Å². The van der Waals surface area contributed by atoms with E-state index in [0.29, 0.717) is 42.1 Å². The van der Waals surface area contributed by atoms with Crippen LogP contribution in [0.25, 0.3) is 10.8 Å². The van der Waals surface area contributed by atoms with Crippen LogP contribution in [0.1, 0.15) is 139 Å². The Morgan fingerprint density at radius 1 is 0.800 bits per heavy atom. The van der Waals surface area contributed by atoms with Crippen LogP contribution in [0.4, 0.5) is 0 Å². The first-order chi connectivity index (χ1) is 28.9. The molecule has 3 aromatic carbocycles. The first kappa shape index (κ1) is 43.0. The Morgan fingerprint density at radius 3 is 2.30 bits per heavy atom. The topological polar surface area (TPSA) is 80.3 Å². The Bertz CT molecular complexity index is 2010. The zero-order chi connectivity index (χ0) is 42.1. The Kier molecular flexibility index (Phi) is 12.9. The summed E-state index contributed by atoms with van der Waals surface area (Å²) in [4.78, 5) is 26.6. The molecular formula is C53H70O7. The Morgan fingerprint density at radius 2 is 1.55 bits per heavy atom. The van der Waals surface area contributed by atoms with Gasteiger partial charge in [0.25, 0.3) is 0 Å². The van der Waals surface area contributed by atoms with Gasteiger partial charge in [-0.1, -0.05) is 84.6 Å². The van der Waals surface area contributed by atoms with Crippen LogP contribution in [0.2, 0.25) is 0 Å². The van der Waals surface area contributed by atoms with Crippen molar-refractivity contribution in [3.63, 3.8) is 0 Å². The molecule has 0 amide bonds. The molecule has 0 bridgehead atoms. The Balaban J connectivity index is 0.809. The summed E-state index contributed by atoms with van der Waals surface area (Å²) in [6.45, 7) is 17.9. The lowest BCUT2D eigenvalue weighted by atomic mass is 9.47. The van der Waals surface area contributed by atoms with Gasteiger partial charge in [0.05, 0.1) is 37.6 Å². The third kappa shape index (κ3) is 8.82. The number of hydrogen-bond donors (Lipinski definition) is 0. The van der Waals surface area contributed by atoms with E-state index in [4.69, 9.17) is 23.7 Å². The van der Waals surface area contributed by atoms with Crippen molar-refractivity contribution < 1.29 is 33.3 Å². The van der Waals surface area contributed by atoms with Crippen LogP contribution in [-0.2, 0) is 14.2 Å². The molecule has 3 saturated carbocycles. The van der Waals surface area contributed by atoms with Gasteiger partial charge >= 0.3 is 11.9 Å². The molecule has 1 aliphatic heterocycles. The molecule has 8 unspecified atom stereocenters. The van der Waals surface area contributed by atoms with Gasteiger partial charge in [-0.05, 0) is 157 Å². The predicted octanol–water partition coefficient (Wildman–Crippen LogP) is 12.4. The van der Waals surface area contributed by atoms with E-state index in [0.717, 1.165) is 90.9 Å². The normalized spacial score (nSPS) is 29.7. The maximum atomic E-state index is 13.4. The minimum atomic E-state index is -0.457. The maximum Gasteiger partial charge on any atom is 0.343 e. The summed E-state index contributed by atoms with van der Waals surface area (Å²) in [5, 5.41) is 1.88. The minimum absolute atomic E-state index is 0.113. The SMILES string of the molecule is CCC1(COCCOc2ccc3cc(C(=O)Oc4ccc(C(=O)OC5CCC6(C)C(=CCC7C6CCC6(C)C(C(C)CCCC(C)C)CCC76)C5)cc4)ccc3c2)COC1. The van der Waals surface area contributed by atoms with E-state index in [9.17, 15) is 9.59 Å². The number of fused-ring (bicyclic) bond motifs is 6. The molecule has 3 aromatic rings. The molecule has 7 heteroatoms. The van der Waals surface area contributed by atoms with Gasteiger partial charge in [0, 0.05) is 11.8 Å². The van der Waals surface area contributed by atoms with Crippen molar-refractivity contribution >= 4 is 22.7 Å². The van der Waals surface area contributed by atoms with Gasteiger partial charge in [-0.2, -0.15) is 0 Å². The molecule has 60 heavy (non-hydrogen) atoms. The van der Waals surface area contributed by atoms with E-state index in [-0.39, 0.29) is 22.9 Å². The van der Waals surface area contributed by atoms with Gasteiger partial charge in [0.1, 0.15) is 24.2 Å². The summed E-state index contributed by atoms with van der Waals surface area (Å²) >= 11 is 0. The zero-order valence-corrected chi connectivity index (χ0v) is 37.3. The number of carbonyl (C=O) groups excluding carboxylic acids is 2. The van der Waals surface area contributed by atoms with Crippen LogP contribution >= 0.6 is 0 Å². The fourth-order valence-electron chi connectivity index (χ4n) is 12.5. The minimum Gasteiger partial charge on any atom is -0.491 e. The predicted molar refractivity (Wildman–Crippen MR) is 237 cm³/mol. The van der Waals surface area contributed by atoms with Gasteiger partial charge in [-0.15, -0.1) is 0 Å². The molecule has 7 nitrogen and oxygen atoms in total. The Hall–Kier alpha value is -3.68. The van der Waals surface area contributed by atoms with Gasteiger partial charge in [0.2, 0.25) is 0 Å². The average molecular weight is 819 g/mol. The van der Waals surface area contributed by atoms with Crippen LogP contribution in [-0.4, -0.2) is 51.1 Å². The molecule has 0 spiro atoms. The van der Waals surface area contributed by atoms with Crippen molar-refractivity contribution in [2.45, 2.75) is 125 Å². The number of rotatable bonds is 16. The lowest BCUT2D eigenvalue weighted by molar-refractivity contribution is -0.151. The van der Waals surface area contributed by atoms with E-state index < -0.39 is 5.97 Å². The molecule has 0 aromatic heterocycles. The third-order valence-electron chi connectivity index (χ3n) is 16.4. The molecule has 4 fully saturated rings. The number of benzene rings is 3. The molecule has 1 saturated heterocycles. The van der Waals surface area contributed by atoms with E-state index in [1.54, 1.807) is 30.3 Å². The summed E-state index contributed by atoms with van der Waals surface area (Å²) in [7, 11) is 0. The number of allylic oxidation sites excluding steroid dienone is 1. The van der Waals surface area contributed by atoms with Crippen LogP contribution < -0.4 is 9.47 Å². The molecular weight excluding hydrogens is 749 g/mol. The van der Waals surface area contributed by atoms with Crippen molar-refractivity contribution in [2.24, 2.45) is 51.8 Å². The number of hydrogen-bond acceptors (Lipinski definition) is 7. The number of carbonyl (C=O) groups is 2. The summed E-state index contributed by atoms with van der Waals surface area (Å²) in [5.41, 5.74) is 3.30. The van der Waals surface area contributed by atoms with Gasteiger partial charge < -0.3 is 23.7 Å². The lowest BCUT2D eigenvalue weighted by Crippen LogP contribution is -2.51. The summed E-state index contributed by atoms with van der Waals surface area (Å²) in [6.07, 6.45) is 17.2.